The van der Waals surface area contributed by atoms with Gasteiger partial charge in [0.2, 0.25) is 5.91 Å². The maximum absolute atomic E-state index is 13.5. The van der Waals surface area contributed by atoms with Gasteiger partial charge in [-0.25, -0.2) is 4.79 Å². The number of aryl methyl sites for hydroxylation is 1. The van der Waals surface area contributed by atoms with E-state index in [0.29, 0.717) is 16.1 Å². The number of fused-ring (bicyclic) bond motifs is 2. The number of H-pyrrole nitrogens is 1. The zero-order valence-electron chi connectivity index (χ0n) is 19.1. The van der Waals surface area contributed by atoms with E-state index in [-0.39, 0.29) is 30.0 Å². The number of nitrogens with zero attached hydrogens (tertiary/aromatic N) is 2. The molecule has 3 aromatic heterocycles. The van der Waals surface area contributed by atoms with Crippen LogP contribution in [-0.4, -0.2) is 33.2 Å². The molecule has 0 spiro atoms. The lowest BCUT2D eigenvalue weighted by Crippen LogP contribution is -2.25. The van der Waals surface area contributed by atoms with Crippen LogP contribution >= 0.6 is 11.3 Å². The topological polar surface area (TPSA) is 106 Å². The van der Waals surface area contributed by atoms with E-state index in [9.17, 15) is 14.4 Å². The molecule has 9 heteroatoms. The largest absolute Gasteiger partial charge is 0.461 e. The summed E-state index contributed by atoms with van der Waals surface area (Å²) in [5.74, 6) is -0.900. The number of rotatable bonds is 6. The second-order valence-corrected chi connectivity index (χ2v) is 8.94. The van der Waals surface area contributed by atoms with Gasteiger partial charge in [-0.15, -0.1) is 11.3 Å². The fraction of sp³-hybridized carbons (Fsp3) is 0.154. The number of hydrogen-bond acceptors (Lipinski definition) is 6. The molecule has 2 aromatic carbocycles. The molecule has 0 bridgehead atoms. The monoisotopic (exact) mass is 486 g/mol. The lowest BCUT2D eigenvalue weighted by Gasteiger charge is -2.10. The van der Waals surface area contributed by atoms with E-state index in [1.165, 1.54) is 16.0 Å². The maximum Gasteiger partial charge on any atom is 0.359 e. The SMILES string of the molecule is CCOC(=O)c1nn(-c2cccc(C)c2)c(=O)c2c(NC(=O)Cc3c[nH]c4ccccc34)scc12. The van der Waals surface area contributed by atoms with Crippen molar-refractivity contribution >= 4 is 49.9 Å². The molecular formula is C26H22N4O4S. The fourth-order valence-corrected chi connectivity index (χ4v) is 5.00. The number of aromatic nitrogens is 3. The average molecular weight is 487 g/mol. The molecule has 0 radical (unpaired) electrons. The predicted molar refractivity (Wildman–Crippen MR) is 137 cm³/mol. The minimum Gasteiger partial charge on any atom is -0.461 e. The molecule has 176 valence electrons. The molecule has 1 amide bonds. The van der Waals surface area contributed by atoms with Crippen molar-refractivity contribution < 1.29 is 14.3 Å². The molecular weight excluding hydrogens is 464 g/mol. The number of amides is 1. The quantitative estimate of drug-likeness (QED) is 0.341. The highest BCUT2D eigenvalue weighted by molar-refractivity contribution is 7.16. The van der Waals surface area contributed by atoms with E-state index in [4.69, 9.17) is 4.74 Å². The first-order valence-electron chi connectivity index (χ1n) is 11.1. The number of nitrogens with one attached hydrogen (secondary N) is 2. The lowest BCUT2D eigenvalue weighted by molar-refractivity contribution is -0.115. The Bertz CT molecular complexity index is 1650. The molecule has 8 nitrogen and oxygen atoms in total. The summed E-state index contributed by atoms with van der Waals surface area (Å²) < 4.78 is 6.37. The highest BCUT2D eigenvalue weighted by Crippen LogP contribution is 2.31. The third kappa shape index (κ3) is 4.22. The van der Waals surface area contributed by atoms with Gasteiger partial charge in [0.1, 0.15) is 5.00 Å². The van der Waals surface area contributed by atoms with Crippen molar-refractivity contribution in [2.75, 3.05) is 11.9 Å². The molecule has 0 atom stereocenters. The molecule has 5 aromatic rings. The number of anilines is 1. The van der Waals surface area contributed by atoms with Gasteiger partial charge in [0.05, 0.1) is 24.1 Å². The molecule has 3 heterocycles. The Kier molecular flexibility index (Phi) is 5.92. The van der Waals surface area contributed by atoms with Gasteiger partial charge < -0.3 is 15.0 Å². The molecule has 5 rings (SSSR count). The molecule has 0 saturated heterocycles. The van der Waals surface area contributed by atoms with Gasteiger partial charge in [0.25, 0.3) is 5.56 Å². The van der Waals surface area contributed by atoms with Gasteiger partial charge in [-0.2, -0.15) is 9.78 Å². The minimum absolute atomic E-state index is 0.0244. The molecule has 0 fully saturated rings. The van der Waals surface area contributed by atoms with Crippen molar-refractivity contribution in [3.05, 3.63) is 87.3 Å². The van der Waals surface area contributed by atoms with Crippen LogP contribution in [-0.2, 0) is 16.0 Å². The van der Waals surface area contributed by atoms with Gasteiger partial charge in [0, 0.05) is 27.9 Å². The van der Waals surface area contributed by atoms with Crippen LogP contribution in [0, 0.1) is 6.92 Å². The van der Waals surface area contributed by atoms with Crippen LogP contribution in [0.3, 0.4) is 0 Å². The number of benzene rings is 2. The first-order valence-corrected chi connectivity index (χ1v) is 12.0. The van der Waals surface area contributed by atoms with Crippen LogP contribution in [0.25, 0.3) is 27.4 Å². The summed E-state index contributed by atoms with van der Waals surface area (Å²) in [7, 11) is 0. The molecule has 0 aliphatic carbocycles. The lowest BCUT2D eigenvalue weighted by atomic mass is 10.1. The van der Waals surface area contributed by atoms with Crippen molar-refractivity contribution in [2.24, 2.45) is 0 Å². The van der Waals surface area contributed by atoms with Crippen LogP contribution in [0.4, 0.5) is 5.00 Å². The van der Waals surface area contributed by atoms with Crippen molar-refractivity contribution in [1.82, 2.24) is 14.8 Å². The van der Waals surface area contributed by atoms with Crippen molar-refractivity contribution in [1.29, 1.82) is 0 Å². The standard InChI is InChI=1S/C26H22N4O4S/c1-3-34-26(33)23-19-14-35-24(22(19)25(32)30(29-23)17-8-6-7-15(2)11-17)28-21(31)12-16-13-27-20-10-5-4-9-18(16)20/h4-11,13-14,27H,3,12H2,1-2H3,(H,28,31). The molecule has 2 N–H and O–H groups in total. The van der Waals surface area contributed by atoms with E-state index in [1.54, 1.807) is 24.4 Å². The Balaban J connectivity index is 1.57. The average Bonchev–Trinajstić information content (AvgIpc) is 3.44. The Hall–Kier alpha value is -4.24. The third-order valence-electron chi connectivity index (χ3n) is 5.65. The van der Waals surface area contributed by atoms with Crippen LogP contribution < -0.4 is 10.9 Å². The number of carbonyl (C=O) groups excluding carboxylic acids is 2. The Morgan fingerprint density at radius 3 is 2.77 bits per heavy atom. The van der Waals surface area contributed by atoms with Crippen molar-refractivity contribution in [3.63, 3.8) is 0 Å². The zero-order chi connectivity index (χ0) is 24.5. The number of esters is 1. The van der Waals surface area contributed by atoms with E-state index < -0.39 is 11.5 Å². The Morgan fingerprint density at radius 2 is 1.97 bits per heavy atom. The highest BCUT2D eigenvalue weighted by Gasteiger charge is 2.23. The van der Waals surface area contributed by atoms with E-state index in [0.717, 1.165) is 22.0 Å². The maximum atomic E-state index is 13.5. The fourth-order valence-electron chi connectivity index (χ4n) is 4.05. The summed E-state index contributed by atoms with van der Waals surface area (Å²) in [5.41, 5.74) is 2.85. The number of para-hydroxylation sites is 1. The highest BCUT2D eigenvalue weighted by atomic mass is 32.1. The van der Waals surface area contributed by atoms with Crippen LogP contribution in [0.2, 0.25) is 0 Å². The number of carbonyl (C=O) groups is 2. The van der Waals surface area contributed by atoms with E-state index in [1.807, 2.05) is 49.5 Å². The van der Waals surface area contributed by atoms with Gasteiger partial charge in [0.15, 0.2) is 5.69 Å². The van der Waals surface area contributed by atoms with E-state index >= 15 is 0 Å². The number of hydrogen-bond donors (Lipinski definition) is 2. The predicted octanol–water partition coefficient (Wildman–Crippen LogP) is 4.59. The molecule has 0 aliphatic rings. The summed E-state index contributed by atoms with van der Waals surface area (Å²) >= 11 is 1.18. The van der Waals surface area contributed by atoms with Gasteiger partial charge >= 0.3 is 5.97 Å². The van der Waals surface area contributed by atoms with Crippen LogP contribution in [0.1, 0.15) is 28.5 Å². The van der Waals surface area contributed by atoms with E-state index in [2.05, 4.69) is 15.4 Å². The van der Waals surface area contributed by atoms with Gasteiger partial charge in [-0.05, 0) is 43.2 Å². The van der Waals surface area contributed by atoms with Gasteiger partial charge in [-0.3, -0.25) is 9.59 Å². The number of ether oxygens (including phenoxy) is 1. The first kappa shape index (κ1) is 22.5. The van der Waals surface area contributed by atoms with Crippen LogP contribution in [0.15, 0.2) is 64.9 Å². The third-order valence-corrected chi connectivity index (χ3v) is 6.54. The summed E-state index contributed by atoms with van der Waals surface area (Å²) in [5, 5.41) is 10.8. The second kappa shape index (κ2) is 9.19. The van der Waals surface area contributed by atoms with Gasteiger partial charge in [-0.1, -0.05) is 30.3 Å². The van der Waals surface area contributed by atoms with Crippen molar-refractivity contribution in [2.45, 2.75) is 20.3 Å². The molecule has 0 unspecified atom stereocenters. The number of thiophene rings is 1. The minimum atomic E-state index is -0.631. The Labute approximate surface area is 204 Å². The second-order valence-electron chi connectivity index (χ2n) is 8.06. The molecule has 35 heavy (non-hydrogen) atoms. The normalized spacial score (nSPS) is 11.1. The number of aromatic amines is 1. The first-order chi connectivity index (χ1) is 17.0. The molecule has 0 saturated carbocycles. The smallest absolute Gasteiger partial charge is 0.359 e. The van der Waals surface area contributed by atoms with Crippen molar-refractivity contribution in [3.8, 4) is 5.69 Å². The van der Waals surface area contributed by atoms with Crippen LogP contribution in [0.5, 0.6) is 0 Å². The summed E-state index contributed by atoms with van der Waals surface area (Å²) in [6.45, 7) is 3.78. The molecule has 0 aliphatic heterocycles. The Morgan fingerprint density at radius 1 is 1.14 bits per heavy atom. The summed E-state index contributed by atoms with van der Waals surface area (Å²) in [6, 6.07) is 15.0. The summed E-state index contributed by atoms with van der Waals surface area (Å²) in [4.78, 5) is 42.4. The zero-order valence-corrected chi connectivity index (χ0v) is 19.9. The summed E-state index contributed by atoms with van der Waals surface area (Å²) in [6.07, 6.45) is 1.94.